The Morgan fingerprint density at radius 3 is 2.59 bits per heavy atom. The van der Waals surface area contributed by atoms with E-state index in [1.54, 1.807) is 19.1 Å². The number of nitrogens with one attached hydrogen (secondary N) is 1. The minimum absolute atomic E-state index is 0.0352. The first kappa shape index (κ1) is 34.9. The highest BCUT2D eigenvalue weighted by Crippen LogP contribution is 2.64. The fourth-order valence-electron chi connectivity index (χ4n) is 9.94. The van der Waals surface area contributed by atoms with Gasteiger partial charge in [-0.25, -0.2) is 4.79 Å². The fraction of sp³-hybridized carbons (Fsp3) is 0.462. The van der Waals surface area contributed by atoms with E-state index in [0.717, 1.165) is 11.1 Å². The number of benzene rings is 3. The summed E-state index contributed by atoms with van der Waals surface area (Å²) in [7, 11) is 3.39. The monoisotopic (exact) mass is 756 g/mol. The van der Waals surface area contributed by atoms with Crippen LogP contribution < -0.4 is 24.3 Å². The molecule has 0 radical (unpaired) electrons. The molecular formula is C39H40N4O10S. The number of aryl methyl sites for hydroxylation is 1. The molecule has 2 saturated heterocycles. The second-order valence-electron chi connectivity index (χ2n) is 14.9. The maximum atomic E-state index is 14.7. The van der Waals surface area contributed by atoms with Gasteiger partial charge in [-0.15, -0.1) is 11.8 Å². The largest absolute Gasteiger partial charge is 0.504 e. The molecule has 1 spiro atoms. The van der Waals surface area contributed by atoms with Crippen molar-refractivity contribution in [2.75, 3.05) is 39.9 Å². The van der Waals surface area contributed by atoms with Gasteiger partial charge in [0.1, 0.15) is 18.4 Å². The molecule has 1 unspecified atom stereocenters. The lowest BCUT2D eigenvalue weighted by Gasteiger charge is -2.62. The number of hydrogen-bond donors (Lipinski definition) is 4. The van der Waals surface area contributed by atoms with Crippen LogP contribution in [0.5, 0.6) is 40.2 Å². The molecule has 54 heavy (non-hydrogen) atoms. The van der Waals surface area contributed by atoms with E-state index >= 15 is 0 Å². The lowest BCUT2D eigenvalue weighted by molar-refractivity contribution is -0.157. The van der Waals surface area contributed by atoms with Crippen molar-refractivity contribution in [3.8, 4) is 46.3 Å². The summed E-state index contributed by atoms with van der Waals surface area (Å²) in [5, 5.41) is 47.5. The number of esters is 2. The van der Waals surface area contributed by atoms with Gasteiger partial charge in [-0.3, -0.25) is 19.9 Å². The Morgan fingerprint density at radius 1 is 1.07 bits per heavy atom. The Balaban J connectivity index is 1.33. The maximum Gasteiger partial charge on any atom is 0.331 e. The predicted molar refractivity (Wildman–Crippen MR) is 193 cm³/mol. The number of piperazine rings is 1. The van der Waals surface area contributed by atoms with Gasteiger partial charge in [0, 0.05) is 53.6 Å². The molecule has 3 aromatic rings. The van der Waals surface area contributed by atoms with Gasteiger partial charge in [-0.05, 0) is 68.1 Å². The SMILES string of the molecule is COc1cc2c(cc1O)CCN[C@]21CS[C@@H]2c3c(OC(C)=O)c(C)c4c(c3[C@H](COC1=O)N1C2[C@@H]2c3c(cc(C)c(O)c3O)C[C@H]([C@@H]1C#N)N2C)OCO4. The summed E-state index contributed by atoms with van der Waals surface area (Å²) in [6.45, 7) is 5.03. The van der Waals surface area contributed by atoms with Gasteiger partial charge < -0.3 is 39.0 Å². The Labute approximate surface area is 315 Å². The van der Waals surface area contributed by atoms with Crippen molar-refractivity contribution in [2.24, 2.45) is 0 Å². The van der Waals surface area contributed by atoms with Crippen LogP contribution in [0.2, 0.25) is 0 Å². The highest BCUT2D eigenvalue weighted by molar-refractivity contribution is 7.99. The number of phenolic OH excluding ortho intramolecular Hbond substituents is 3. The first-order chi connectivity index (χ1) is 25.9. The number of ether oxygens (including phenoxy) is 5. The number of carbonyl (C=O) groups excluding carboxylic acids is 2. The Morgan fingerprint density at radius 2 is 1.85 bits per heavy atom. The number of methoxy groups -OCH3 is 1. The number of hydrogen-bond acceptors (Lipinski definition) is 15. The molecule has 15 heteroatoms. The Kier molecular flexibility index (Phi) is 7.95. The van der Waals surface area contributed by atoms with E-state index in [4.69, 9.17) is 23.7 Å². The molecule has 0 saturated carbocycles. The average molecular weight is 757 g/mol. The average Bonchev–Trinajstić information content (AvgIpc) is 3.64. The van der Waals surface area contributed by atoms with Crippen LogP contribution in [0.4, 0.5) is 0 Å². The van der Waals surface area contributed by atoms with Crippen LogP contribution in [0.25, 0.3) is 0 Å². The molecule has 14 nitrogen and oxygen atoms in total. The van der Waals surface area contributed by atoms with Crippen molar-refractivity contribution in [3.63, 3.8) is 0 Å². The summed E-state index contributed by atoms with van der Waals surface area (Å²) >= 11 is 1.44. The second kappa shape index (κ2) is 12.3. The molecule has 7 aliphatic heterocycles. The van der Waals surface area contributed by atoms with E-state index in [9.17, 15) is 30.2 Å². The van der Waals surface area contributed by atoms with E-state index in [0.29, 0.717) is 70.0 Å². The van der Waals surface area contributed by atoms with E-state index in [1.807, 2.05) is 20.0 Å². The van der Waals surface area contributed by atoms with E-state index in [-0.39, 0.29) is 48.2 Å². The van der Waals surface area contributed by atoms with Gasteiger partial charge >= 0.3 is 11.9 Å². The van der Waals surface area contributed by atoms with Crippen LogP contribution in [0, 0.1) is 25.2 Å². The highest BCUT2D eigenvalue weighted by Gasteiger charge is 2.61. The number of nitrogens with zero attached hydrogens (tertiary/aromatic N) is 3. The zero-order valence-corrected chi connectivity index (χ0v) is 31.2. The summed E-state index contributed by atoms with van der Waals surface area (Å²) < 4.78 is 30.2. The normalized spacial score (nSPS) is 29.3. The number of carbonyl (C=O) groups is 2. The lowest BCUT2D eigenvalue weighted by atomic mass is 9.71. The summed E-state index contributed by atoms with van der Waals surface area (Å²) in [6.07, 6.45) is 0.979. The summed E-state index contributed by atoms with van der Waals surface area (Å²) in [5.41, 5.74) is 3.79. The third-order valence-corrected chi connectivity index (χ3v) is 13.7. The third kappa shape index (κ3) is 4.63. The van der Waals surface area contributed by atoms with Crippen molar-refractivity contribution >= 4 is 23.7 Å². The van der Waals surface area contributed by atoms with E-state index in [1.165, 1.54) is 25.8 Å². The first-order valence-corrected chi connectivity index (χ1v) is 19.0. The molecule has 7 heterocycles. The van der Waals surface area contributed by atoms with Crippen LogP contribution in [0.15, 0.2) is 18.2 Å². The van der Waals surface area contributed by atoms with Gasteiger partial charge in [0.2, 0.25) is 6.79 Å². The number of phenols is 3. The Bertz CT molecular complexity index is 2210. The number of rotatable bonds is 2. The van der Waals surface area contributed by atoms with E-state index < -0.39 is 46.9 Å². The van der Waals surface area contributed by atoms with Gasteiger partial charge in [0.15, 0.2) is 40.0 Å². The smallest absolute Gasteiger partial charge is 0.331 e. The molecule has 7 aliphatic rings. The van der Waals surface area contributed by atoms with Gasteiger partial charge in [-0.2, -0.15) is 5.26 Å². The van der Waals surface area contributed by atoms with Crippen LogP contribution in [-0.2, 0) is 32.7 Å². The highest BCUT2D eigenvalue weighted by atomic mass is 32.2. The van der Waals surface area contributed by atoms with Crippen molar-refractivity contribution in [3.05, 3.63) is 62.7 Å². The van der Waals surface area contributed by atoms with E-state index in [2.05, 4.69) is 21.2 Å². The molecule has 2 fully saturated rings. The zero-order chi connectivity index (χ0) is 38.0. The number of aromatic hydroxyl groups is 3. The number of nitriles is 1. The van der Waals surface area contributed by atoms with Gasteiger partial charge in [0.05, 0.1) is 30.5 Å². The quantitative estimate of drug-likeness (QED) is 0.169. The number of thioether (sulfide) groups is 1. The topological polar surface area (TPSA) is 183 Å². The molecule has 282 valence electrons. The Hall–Kier alpha value is -4.88. The summed E-state index contributed by atoms with van der Waals surface area (Å²) in [5.74, 6) is -0.0274. The lowest BCUT2D eigenvalue weighted by Crippen LogP contribution is -2.69. The molecule has 10 rings (SSSR count). The standard InChI is InChI=1S/C39H40N4O10S/c1-16-8-20-9-22-23(12-40)43-24-13-50-38(48)39(21-11-26(49-5)25(45)10-19(21)6-7-41-39)14-54-37(31(43)30(42(22)4)27(20)33(47)32(16)46)29-28(24)36-35(51-15-52-36)17(2)34(29)53-18(3)44/h8,10-11,22-24,30-31,37,41,45-47H,6-7,9,13-15H2,1-5H3/t22-,23+,24+,30+,31?,37-,39-/m1/s1. The molecule has 0 aromatic heterocycles. The molecule has 7 atom stereocenters. The fourth-order valence-corrected chi connectivity index (χ4v) is 11.6. The summed E-state index contributed by atoms with van der Waals surface area (Å²) in [4.78, 5) is 31.8. The first-order valence-electron chi connectivity index (χ1n) is 17.9. The second-order valence-corrected chi connectivity index (χ2v) is 16.0. The number of likely N-dealkylation sites (N-methyl/N-ethyl adjacent to an activating group) is 1. The van der Waals surface area contributed by atoms with Crippen molar-refractivity contribution in [1.82, 2.24) is 15.1 Å². The van der Waals surface area contributed by atoms with Gasteiger partial charge in [-0.1, -0.05) is 6.07 Å². The maximum absolute atomic E-state index is 14.7. The van der Waals surface area contributed by atoms with Crippen LogP contribution >= 0.6 is 11.8 Å². The van der Waals surface area contributed by atoms with Crippen molar-refractivity contribution in [1.29, 1.82) is 5.26 Å². The zero-order valence-electron chi connectivity index (χ0n) is 30.4. The van der Waals surface area contributed by atoms with Crippen LogP contribution in [0.1, 0.15) is 68.8 Å². The van der Waals surface area contributed by atoms with Crippen LogP contribution in [-0.4, -0.2) is 95.0 Å². The van der Waals surface area contributed by atoms with Gasteiger partial charge in [0.25, 0.3) is 0 Å². The minimum atomic E-state index is -1.38. The molecule has 0 amide bonds. The van der Waals surface area contributed by atoms with Crippen molar-refractivity contribution < 1.29 is 48.6 Å². The molecule has 4 N–H and O–H groups in total. The molecule has 0 aliphatic carbocycles. The molecule has 3 aromatic carbocycles. The summed E-state index contributed by atoms with van der Waals surface area (Å²) in [6, 6.07) is 4.81. The number of fused-ring (bicyclic) bond motifs is 9. The minimum Gasteiger partial charge on any atom is -0.504 e. The predicted octanol–water partition coefficient (Wildman–Crippen LogP) is 3.68. The molecule has 4 bridgehead atoms. The van der Waals surface area contributed by atoms with Crippen LogP contribution in [0.3, 0.4) is 0 Å². The molecular weight excluding hydrogens is 717 g/mol. The third-order valence-electron chi connectivity index (χ3n) is 12.3. The van der Waals surface area contributed by atoms with Crippen molar-refractivity contribution in [2.45, 2.75) is 74.6 Å².